The van der Waals surface area contributed by atoms with Gasteiger partial charge in [-0.1, -0.05) is 57.4 Å². The Kier molecular flexibility index (Phi) is 7.97. The van der Waals surface area contributed by atoms with Gasteiger partial charge in [0.2, 0.25) is 0 Å². The third-order valence-corrected chi connectivity index (χ3v) is 3.58. The Hall–Kier alpha value is -1.35. The van der Waals surface area contributed by atoms with Gasteiger partial charge in [0, 0.05) is 12.6 Å². The molecule has 2 N–H and O–H groups in total. The number of carbonyl (C=O) groups is 1. The zero-order chi connectivity index (χ0) is 14.8. The molecule has 1 aromatic rings. The molecule has 0 fully saturated rings. The van der Waals surface area contributed by atoms with Crippen molar-refractivity contribution in [1.82, 2.24) is 5.32 Å². The molecule has 1 aromatic carbocycles. The quantitative estimate of drug-likeness (QED) is 0.684. The van der Waals surface area contributed by atoms with E-state index in [0.717, 1.165) is 17.7 Å². The van der Waals surface area contributed by atoms with E-state index < -0.39 is 5.97 Å². The number of carboxylic acids is 1. The van der Waals surface area contributed by atoms with Gasteiger partial charge in [0.1, 0.15) is 0 Å². The first-order valence-corrected chi connectivity index (χ1v) is 7.69. The van der Waals surface area contributed by atoms with Crippen molar-refractivity contribution in [1.29, 1.82) is 0 Å². The van der Waals surface area contributed by atoms with Crippen molar-refractivity contribution < 1.29 is 9.90 Å². The van der Waals surface area contributed by atoms with Crippen molar-refractivity contribution in [3.63, 3.8) is 0 Å². The van der Waals surface area contributed by atoms with E-state index in [0.29, 0.717) is 6.04 Å². The number of hydrogen-bond acceptors (Lipinski definition) is 2. The Morgan fingerprint density at radius 1 is 1.15 bits per heavy atom. The van der Waals surface area contributed by atoms with Crippen LogP contribution < -0.4 is 5.32 Å². The van der Waals surface area contributed by atoms with E-state index >= 15 is 0 Å². The second-order valence-corrected chi connectivity index (χ2v) is 5.35. The maximum atomic E-state index is 10.9. The zero-order valence-electron chi connectivity index (χ0n) is 12.7. The van der Waals surface area contributed by atoms with Gasteiger partial charge < -0.3 is 10.4 Å². The molecule has 0 saturated heterocycles. The molecule has 0 aliphatic carbocycles. The summed E-state index contributed by atoms with van der Waals surface area (Å²) >= 11 is 0. The predicted molar refractivity (Wildman–Crippen MR) is 82.8 cm³/mol. The van der Waals surface area contributed by atoms with Crippen LogP contribution in [0.2, 0.25) is 0 Å². The smallest absolute Gasteiger partial charge is 0.307 e. The van der Waals surface area contributed by atoms with Crippen molar-refractivity contribution >= 4 is 5.97 Å². The molecule has 1 unspecified atom stereocenters. The van der Waals surface area contributed by atoms with Gasteiger partial charge in [-0.05, 0) is 24.0 Å². The van der Waals surface area contributed by atoms with Crippen LogP contribution in [0.25, 0.3) is 0 Å². The molecule has 0 spiro atoms. The van der Waals surface area contributed by atoms with Crippen molar-refractivity contribution in [3.8, 4) is 0 Å². The lowest BCUT2D eigenvalue weighted by atomic mass is 10.0. The Balaban J connectivity index is 2.59. The van der Waals surface area contributed by atoms with Crippen molar-refractivity contribution in [2.75, 3.05) is 0 Å². The lowest BCUT2D eigenvalue weighted by Gasteiger charge is -2.19. The van der Waals surface area contributed by atoms with Crippen LogP contribution in [0.4, 0.5) is 0 Å². The Bertz CT molecular complexity index is 404. The van der Waals surface area contributed by atoms with Crippen LogP contribution in [0.1, 0.15) is 57.1 Å². The fraction of sp³-hybridized carbons (Fsp3) is 0.588. The normalized spacial score (nSPS) is 12.3. The van der Waals surface area contributed by atoms with Crippen LogP contribution in [0.5, 0.6) is 0 Å². The van der Waals surface area contributed by atoms with E-state index in [9.17, 15) is 4.79 Å². The van der Waals surface area contributed by atoms with Crippen LogP contribution in [0.15, 0.2) is 24.3 Å². The van der Waals surface area contributed by atoms with Crippen LogP contribution >= 0.6 is 0 Å². The highest BCUT2D eigenvalue weighted by Gasteiger charge is 2.09. The van der Waals surface area contributed by atoms with Gasteiger partial charge in [0.15, 0.2) is 0 Å². The first kappa shape index (κ1) is 16.7. The summed E-state index contributed by atoms with van der Waals surface area (Å²) in [5.41, 5.74) is 2.02. The maximum Gasteiger partial charge on any atom is 0.307 e. The molecule has 0 aliphatic rings. The van der Waals surface area contributed by atoms with Crippen molar-refractivity contribution in [2.24, 2.45) is 0 Å². The molecule has 20 heavy (non-hydrogen) atoms. The summed E-state index contributed by atoms with van der Waals surface area (Å²) in [6.45, 7) is 5.18. The number of aliphatic carboxylic acids is 1. The zero-order valence-corrected chi connectivity index (χ0v) is 12.7. The summed E-state index contributed by atoms with van der Waals surface area (Å²) in [5.74, 6) is -0.770. The molecule has 1 rings (SSSR count). The van der Waals surface area contributed by atoms with Crippen molar-refractivity contribution in [3.05, 3.63) is 35.4 Å². The number of unbranched alkanes of at least 4 members (excludes halogenated alkanes) is 1. The average Bonchev–Trinajstić information content (AvgIpc) is 2.42. The minimum atomic E-state index is -0.770. The largest absolute Gasteiger partial charge is 0.481 e. The van der Waals surface area contributed by atoms with Gasteiger partial charge in [-0.15, -0.1) is 0 Å². The van der Waals surface area contributed by atoms with Crippen LogP contribution in [-0.4, -0.2) is 17.1 Å². The van der Waals surface area contributed by atoms with E-state index in [2.05, 4.69) is 19.2 Å². The monoisotopic (exact) mass is 277 g/mol. The second kappa shape index (κ2) is 9.54. The molecule has 0 heterocycles. The molecule has 3 nitrogen and oxygen atoms in total. The SMILES string of the molecule is CCCCC(CCC)NCc1ccccc1CC(=O)O. The average molecular weight is 277 g/mol. The number of hydrogen-bond donors (Lipinski definition) is 2. The third-order valence-electron chi connectivity index (χ3n) is 3.58. The highest BCUT2D eigenvalue weighted by molar-refractivity contribution is 5.70. The summed E-state index contributed by atoms with van der Waals surface area (Å²) in [6.07, 6.45) is 6.13. The number of rotatable bonds is 10. The lowest BCUT2D eigenvalue weighted by Crippen LogP contribution is -2.29. The maximum absolute atomic E-state index is 10.9. The molecule has 112 valence electrons. The number of nitrogens with one attached hydrogen (secondary N) is 1. The van der Waals surface area contributed by atoms with Gasteiger partial charge >= 0.3 is 5.97 Å². The minimum absolute atomic E-state index is 0.102. The highest BCUT2D eigenvalue weighted by atomic mass is 16.4. The molecule has 0 saturated carbocycles. The standard InChI is InChI=1S/C17H27NO2/c1-3-5-11-16(8-4-2)18-13-15-10-7-6-9-14(15)12-17(19)20/h6-7,9-10,16,18H,3-5,8,11-13H2,1-2H3,(H,19,20). The fourth-order valence-electron chi connectivity index (χ4n) is 2.47. The lowest BCUT2D eigenvalue weighted by molar-refractivity contribution is -0.136. The number of benzene rings is 1. The van der Waals surface area contributed by atoms with E-state index in [1.807, 2.05) is 24.3 Å². The molecule has 0 aromatic heterocycles. The van der Waals surface area contributed by atoms with Crippen LogP contribution in [-0.2, 0) is 17.8 Å². The summed E-state index contributed by atoms with van der Waals surface area (Å²) < 4.78 is 0. The first-order chi connectivity index (χ1) is 9.67. The van der Waals surface area contributed by atoms with Gasteiger partial charge in [-0.3, -0.25) is 4.79 Å². The summed E-state index contributed by atoms with van der Waals surface area (Å²) in [7, 11) is 0. The van der Waals surface area contributed by atoms with E-state index in [4.69, 9.17) is 5.11 Å². The first-order valence-electron chi connectivity index (χ1n) is 7.69. The Morgan fingerprint density at radius 2 is 1.85 bits per heavy atom. The summed E-state index contributed by atoms with van der Waals surface area (Å²) in [4.78, 5) is 10.9. The predicted octanol–water partition coefficient (Wildman–Crippen LogP) is 3.76. The van der Waals surface area contributed by atoms with Gasteiger partial charge in [0.25, 0.3) is 0 Å². The summed E-state index contributed by atoms with van der Waals surface area (Å²) in [5, 5.41) is 12.5. The van der Waals surface area contributed by atoms with E-state index in [1.165, 1.54) is 32.1 Å². The second-order valence-electron chi connectivity index (χ2n) is 5.35. The molecular formula is C17H27NO2. The molecule has 0 aliphatic heterocycles. The van der Waals surface area contributed by atoms with E-state index in [-0.39, 0.29) is 6.42 Å². The Morgan fingerprint density at radius 3 is 2.45 bits per heavy atom. The molecular weight excluding hydrogens is 250 g/mol. The minimum Gasteiger partial charge on any atom is -0.481 e. The van der Waals surface area contributed by atoms with Gasteiger partial charge in [-0.2, -0.15) is 0 Å². The molecule has 1 atom stereocenters. The third kappa shape index (κ3) is 6.20. The van der Waals surface area contributed by atoms with Crippen LogP contribution in [0, 0.1) is 0 Å². The molecule has 3 heteroatoms. The summed E-state index contributed by atoms with van der Waals surface area (Å²) in [6, 6.07) is 8.35. The van der Waals surface area contributed by atoms with Crippen LogP contribution in [0.3, 0.4) is 0 Å². The number of carboxylic acid groups (broad SMARTS) is 1. The molecule has 0 radical (unpaired) electrons. The van der Waals surface area contributed by atoms with Crippen molar-refractivity contribution in [2.45, 2.75) is 65.0 Å². The Labute approximate surface area is 122 Å². The van der Waals surface area contributed by atoms with E-state index in [1.54, 1.807) is 0 Å². The molecule has 0 bridgehead atoms. The van der Waals surface area contributed by atoms with Gasteiger partial charge in [-0.25, -0.2) is 0 Å². The molecule has 0 amide bonds. The van der Waals surface area contributed by atoms with Gasteiger partial charge in [0.05, 0.1) is 6.42 Å². The fourth-order valence-corrected chi connectivity index (χ4v) is 2.47. The topological polar surface area (TPSA) is 49.3 Å². The highest BCUT2D eigenvalue weighted by Crippen LogP contribution is 2.12.